The van der Waals surface area contributed by atoms with Crippen LogP contribution in [-0.4, -0.2) is 6.00 Å². The van der Waals surface area contributed by atoms with Crippen molar-refractivity contribution in [2.24, 2.45) is 0 Å². The molecule has 1 aromatic rings. The van der Waals surface area contributed by atoms with Crippen LogP contribution in [0.2, 0.25) is 6.04 Å². The molecule has 1 rings (SSSR count). The van der Waals surface area contributed by atoms with Gasteiger partial charge in [-0.25, -0.2) is 0 Å². The van der Waals surface area contributed by atoms with Crippen LogP contribution in [0.3, 0.4) is 0 Å². The zero-order valence-corrected chi connectivity index (χ0v) is 11.8. The second-order valence-electron chi connectivity index (χ2n) is 3.66. The Morgan fingerprint density at radius 2 is 1.53 bits per heavy atom. The Bertz CT molecular complexity index is 269. The highest BCUT2D eigenvalue weighted by atomic mass is 35.8. The van der Waals surface area contributed by atoms with E-state index in [1.807, 2.05) is 6.07 Å². The van der Waals surface area contributed by atoms with Crippen molar-refractivity contribution < 1.29 is 0 Å². The summed E-state index contributed by atoms with van der Waals surface area (Å²) in [7, 11) is 0. The summed E-state index contributed by atoms with van der Waals surface area (Å²) >= 11 is 17.4. The number of hydrogen-bond donors (Lipinski definition) is 0. The maximum atomic E-state index is 5.80. The first kappa shape index (κ1) is 13.4. The number of rotatable bonds is 6. The maximum Gasteiger partial charge on any atom is 0.341 e. The molecule has 0 amide bonds. The van der Waals surface area contributed by atoms with Crippen LogP contribution >= 0.6 is 33.2 Å². The molecule has 0 bridgehead atoms. The van der Waals surface area contributed by atoms with Gasteiger partial charge in [-0.05, 0) is 24.4 Å². The van der Waals surface area contributed by atoms with Gasteiger partial charge in [0, 0.05) is 0 Å². The molecular formula is C11H15Cl3Si. The summed E-state index contributed by atoms with van der Waals surface area (Å²) in [5.41, 5.74) is 1.39. The summed E-state index contributed by atoms with van der Waals surface area (Å²) in [4.78, 5) is 0. The van der Waals surface area contributed by atoms with Crippen molar-refractivity contribution in [2.75, 3.05) is 0 Å². The van der Waals surface area contributed by atoms with Gasteiger partial charge >= 0.3 is 6.00 Å². The third-order valence-electron chi connectivity index (χ3n) is 2.27. The number of hydrogen-bond acceptors (Lipinski definition) is 0. The fourth-order valence-corrected chi connectivity index (χ4v) is 3.33. The molecule has 4 heteroatoms. The Kier molecular flexibility index (Phi) is 6.06. The molecular weight excluding hydrogens is 267 g/mol. The smallest absolute Gasteiger partial charge is 0.126 e. The van der Waals surface area contributed by atoms with Crippen LogP contribution in [0.25, 0.3) is 0 Å². The molecule has 0 saturated heterocycles. The minimum Gasteiger partial charge on any atom is -0.126 e. The lowest BCUT2D eigenvalue weighted by Gasteiger charge is -2.06. The predicted molar refractivity (Wildman–Crippen MR) is 72.1 cm³/mol. The van der Waals surface area contributed by atoms with Gasteiger partial charge in [0.15, 0.2) is 0 Å². The third-order valence-corrected chi connectivity index (χ3v) is 4.89. The molecule has 0 fully saturated rings. The van der Waals surface area contributed by atoms with E-state index in [1.165, 1.54) is 12.0 Å². The van der Waals surface area contributed by atoms with Gasteiger partial charge in [-0.2, -0.15) is 0 Å². The number of aryl methyl sites for hydroxylation is 1. The van der Waals surface area contributed by atoms with E-state index < -0.39 is 6.00 Å². The second kappa shape index (κ2) is 6.80. The van der Waals surface area contributed by atoms with Crippen molar-refractivity contribution in [3.8, 4) is 0 Å². The number of unbranched alkanes of at least 4 members (excludes halogenated alkanes) is 2. The van der Waals surface area contributed by atoms with E-state index >= 15 is 0 Å². The van der Waals surface area contributed by atoms with E-state index in [0.29, 0.717) is 0 Å². The summed E-state index contributed by atoms with van der Waals surface area (Å²) in [6, 6.07) is 8.91. The van der Waals surface area contributed by atoms with Crippen molar-refractivity contribution in [1.82, 2.24) is 0 Å². The Balaban J connectivity index is 2.08. The van der Waals surface area contributed by atoms with E-state index in [1.54, 1.807) is 0 Å². The molecule has 0 aliphatic heterocycles. The molecule has 0 aliphatic carbocycles. The largest absolute Gasteiger partial charge is 0.341 e. The SMILES string of the molecule is Cl[Si](Cl)(Cl)CCCCCc1ccccc1. The van der Waals surface area contributed by atoms with E-state index in [2.05, 4.69) is 24.3 Å². The molecule has 0 nitrogen and oxygen atoms in total. The molecule has 1 aromatic carbocycles. The first-order valence-corrected chi connectivity index (χ1v) is 10.4. The van der Waals surface area contributed by atoms with Crippen LogP contribution in [0.5, 0.6) is 0 Å². The van der Waals surface area contributed by atoms with Crippen LogP contribution < -0.4 is 0 Å². The molecule has 0 aliphatic rings. The Morgan fingerprint density at radius 1 is 0.867 bits per heavy atom. The molecule has 0 N–H and O–H groups in total. The van der Waals surface area contributed by atoms with Gasteiger partial charge in [0.2, 0.25) is 0 Å². The predicted octanol–water partition coefficient (Wildman–Crippen LogP) is 5.05. The fourth-order valence-electron chi connectivity index (χ4n) is 1.48. The molecule has 0 aromatic heterocycles. The molecule has 84 valence electrons. The van der Waals surface area contributed by atoms with Crippen LogP contribution in [0.4, 0.5) is 0 Å². The zero-order chi connectivity index (χ0) is 11.1. The summed E-state index contributed by atoms with van der Waals surface area (Å²) < 4.78 is 0. The van der Waals surface area contributed by atoms with Gasteiger partial charge in [-0.15, -0.1) is 33.2 Å². The molecule has 0 atom stereocenters. The summed E-state index contributed by atoms with van der Waals surface area (Å²) in [5.74, 6) is 0. The quantitative estimate of drug-likeness (QED) is 0.389. The molecule has 0 saturated carbocycles. The van der Waals surface area contributed by atoms with Crippen molar-refractivity contribution in [2.45, 2.75) is 31.7 Å². The lowest BCUT2D eigenvalue weighted by Crippen LogP contribution is -2.07. The van der Waals surface area contributed by atoms with Crippen molar-refractivity contribution in [3.05, 3.63) is 35.9 Å². The second-order valence-corrected chi connectivity index (χ2v) is 12.9. The molecule has 0 unspecified atom stereocenters. The third kappa shape index (κ3) is 7.23. The normalized spacial score (nSPS) is 11.7. The van der Waals surface area contributed by atoms with Crippen LogP contribution in [-0.2, 0) is 6.42 Å². The zero-order valence-electron chi connectivity index (χ0n) is 8.56. The van der Waals surface area contributed by atoms with E-state index in [4.69, 9.17) is 33.2 Å². The highest BCUT2D eigenvalue weighted by molar-refractivity contribution is 7.64. The van der Waals surface area contributed by atoms with Gasteiger partial charge in [-0.1, -0.05) is 43.2 Å². The van der Waals surface area contributed by atoms with Crippen LogP contribution in [0.15, 0.2) is 30.3 Å². The van der Waals surface area contributed by atoms with Gasteiger partial charge in [0.05, 0.1) is 0 Å². The van der Waals surface area contributed by atoms with E-state index in [-0.39, 0.29) is 0 Å². The van der Waals surface area contributed by atoms with Gasteiger partial charge in [0.1, 0.15) is 0 Å². The molecule has 0 heterocycles. The van der Waals surface area contributed by atoms with Gasteiger partial charge in [0.25, 0.3) is 0 Å². The lowest BCUT2D eigenvalue weighted by molar-refractivity contribution is 0.715. The number of benzene rings is 1. The fraction of sp³-hybridized carbons (Fsp3) is 0.455. The first-order chi connectivity index (χ1) is 7.08. The van der Waals surface area contributed by atoms with Crippen LogP contribution in [0, 0.1) is 0 Å². The molecule has 15 heavy (non-hydrogen) atoms. The van der Waals surface area contributed by atoms with Crippen LogP contribution in [0.1, 0.15) is 24.8 Å². The molecule has 0 spiro atoms. The van der Waals surface area contributed by atoms with Crippen molar-refractivity contribution in [1.29, 1.82) is 0 Å². The summed E-state index contributed by atoms with van der Waals surface area (Å²) in [6.07, 6.45) is 4.49. The average Bonchev–Trinajstić information content (AvgIpc) is 2.17. The maximum absolute atomic E-state index is 5.80. The van der Waals surface area contributed by atoms with Crippen molar-refractivity contribution in [3.63, 3.8) is 0 Å². The number of halogens is 3. The average molecular weight is 282 g/mol. The van der Waals surface area contributed by atoms with E-state index in [0.717, 1.165) is 25.3 Å². The Morgan fingerprint density at radius 3 is 2.13 bits per heavy atom. The minimum atomic E-state index is -2.37. The lowest BCUT2D eigenvalue weighted by atomic mass is 10.1. The first-order valence-electron chi connectivity index (χ1n) is 5.18. The standard InChI is InChI=1S/C11H15Cl3Si/c12-15(13,14)10-6-2-5-9-11-7-3-1-4-8-11/h1,3-4,7-8H,2,5-6,9-10H2. The monoisotopic (exact) mass is 280 g/mol. The summed E-state index contributed by atoms with van der Waals surface area (Å²) in [6.45, 7) is 0. The van der Waals surface area contributed by atoms with Crippen molar-refractivity contribution >= 4 is 39.2 Å². The highest BCUT2D eigenvalue weighted by Crippen LogP contribution is 2.27. The Labute approximate surface area is 107 Å². The minimum absolute atomic E-state index is 0.784. The molecule has 0 radical (unpaired) electrons. The van der Waals surface area contributed by atoms with Gasteiger partial charge < -0.3 is 0 Å². The Hall–Kier alpha value is 0.307. The topological polar surface area (TPSA) is 0 Å². The highest BCUT2D eigenvalue weighted by Gasteiger charge is 2.23. The van der Waals surface area contributed by atoms with Gasteiger partial charge in [-0.3, -0.25) is 0 Å². The van der Waals surface area contributed by atoms with E-state index in [9.17, 15) is 0 Å². The summed E-state index contributed by atoms with van der Waals surface area (Å²) in [5, 5.41) is 0.